The quantitative estimate of drug-likeness (QED) is 0.524. The Balaban J connectivity index is 2.26. The number of carbonyl (C=O) groups excluding carboxylic acids is 3. The fourth-order valence-corrected chi connectivity index (χ4v) is 2.89. The van der Waals surface area contributed by atoms with Crippen molar-refractivity contribution in [2.75, 3.05) is 6.61 Å². The lowest BCUT2D eigenvalue weighted by molar-refractivity contribution is -0.256. The maximum absolute atomic E-state index is 11.6. The van der Waals surface area contributed by atoms with E-state index in [0.717, 1.165) is 5.56 Å². The van der Waals surface area contributed by atoms with Gasteiger partial charge in [0.15, 0.2) is 12.2 Å². The van der Waals surface area contributed by atoms with Crippen LogP contribution in [0.5, 0.6) is 0 Å². The first-order valence-corrected chi connectivity index (χ1v) is 8.82. The average molecular weight is 395 g/mol. The molecule has 2 rings (SSSR count). The summed E-state index contributed by atoms with van der Waals surface area (Å²) in [4.78, 5) is 34.4. The SMILES string of the molecule is CC(=O)OC[C@H]1O[C@H](N)[C@@H](OC(C)=O)[C@@H](OCc2ccccc2)[C@@H]1OC(C)=O. The second kappa shape index (κ2) is 10.2. The Labute approximate surface area is 163 Å². The Bertz CT molecular complexity index is 680. The zero-order chi connectivity index (χ0) is 20.7. The second-order valence-corrected chi connectivity index (χ2v) is 6.35. The Morgan fingerprint density at radius 3 is 2.11 bits per heavy atom. The summed E-state index contributed by atoms with van der Waals surface area (Å²) >= 11 is 0. The molecule has 9 heteroatoms. The standard InChI is InChI=1S/C19H25NO8/c1-11(21)24-10-15-16(26-12(2)22)17(18(19(20)28-15)27-13(3)23)25-9-14-7-5-4-6-8-14/h4-8,15-19H,9-10,20H2,1-3H3/t15-,16-,17+,18+,19+/m1/s1. The molecular formula is C19H25NO8. The molecule has 2 N–H and O–H groups in total. The Morgan fingerprint density at radius 1 is 0.929 bits per heavy atom. The van der Waals surface area contributed by atoms with Crippen LogP contribution in [0.15, 0.2) is 30.3 Å². The third-order valence-corrected chi connectivity index (χ3v) is 4.01. The molecule has 0 amide bonds. The van der Waals surface area contributed by atoms with Crippen molar-refractivity contribution in [3.8, 4) is 0 Å². The predicted octanol–water partition coefficient (Wildman–Crippen LogP) is 0.682. The van der Waals surface area contributed by atoms with Crippen LogP contribution in [0.1, 0.15) is 26.3 Å². The van der Waals surface area contributed by atoms with E-state index in [1.165, 1.54) is 20.8 Å². The summed E-state index contributed by atoms with van der Waals surface area (Å²) < 4.78 is 27.2. The van der Waals surface area contributed by atoms with Gasteiger partial charge in [-0.25, -0.2) is 0 Å². The molecule has 1 aliphatic rings. The molecule has 0 spiro atoms. The fraction of sp³-hybridized carbons (Fsp3) is 0.526. The van der Waals surface area contributed by atoms with Gasteiger partial charge in [-0.05, 0) is 5.56 Å². The minimum absolute atomic E-state index is 0.161. The van der Waals surface area contributed by atoms with Crippen molar-refractivity contribution in [3.63, 3.8) is 0 Å². The lowest BCUT2D eigenvalue weighted by atomic mass is 9.97. The van der Waals surface area contributed by atoms with E-state index in [4.69, 9.17) is 29.4 Å². The van der Waals surface area contributed by atoms with E-state index in [1.807, 2.05) is 30.3 Å². The summed E-state index contributed by atoms with van der Waals surface area (Å²) in [6.07, 6.45) is -4.87. The molecule has 0 radical (unpaired) electrons. The first kappa shape index (κ1) is 21.8. The fourth-order valence-electron chi connectivity index (χ4n) is 2.89. The molecule has 0 aliphatic carbocycles. The molecule has 154 valence electrons. The topological polar surface area (TPSA) is 123 Å². The molecule has 5 atom stereocenters. The van der Waals surface area contributed by atoms with E-state index < -0.39 is 48.6 Å². The Morgan fingerprint density at radius 2 is 1.54 bits per heavy atom. The zero-order valence-electron chi connectivity index (χ0n) is 16.0. The van der Waals surface area contributed by atoms with Gasteiger partial charge < -0.3 is 29.4 Å². The van der Waals surface area contributed by atoms with Gasteiger partial charge in [-0.3, -0.25) is 14.4 Å². The van der Waals surface area contributed by atoms with Crippen LogP contribution in [-0.4, -0.2) is 55.2 Å². The van der Waals surface area contributed by atoms with Crippen molar-refractivity contribution >= 4 is 17.9 Å². The summed E-state index contributed by atoms with van der Waals surface area (Å²) in [5, 5.41) is 0. The molecule has 9 nitrogen and oxygen atoms in total. The maximum atomic E-state index is 11.6. The molecule has 1 saturated heterocycles. The molecule has 1 aromatic carbocycles. The van der Waals surface area contributed by atoms with Crippen molar-refractivity contribution in [2.45, 2.75) is 58.0 Å². The smallest absolute Gasteiger partial charge is 0.303 e. The third kappa shape index (κ3) is 6.29. The number of hydrogen-bond acceptors (Lipinski definition) is 9. The summed E-state index contributed by atoms with van der Waals surface area (Å²) in [7, 11) is 0. The van der Waals surface area contributed by atoms with Crippen molar-refractivity contribution in [2.24, 2.45) is 5.73 Å². The van der Waals surface area contributed by atoms with Gasteiger partial charge >= 0.3 is 17.9 Å². The molecular weight excluding hydrogens is 370 g/mol. The van der Waals surface area contributed by atoms with Crippen LogP contribution in [0.4, 0.5) is 0 Å². The van der Waals surface area contributed by atoms with E-state index in [1.54, 1.807) is 0 Å². The van der Waals surface area contributed by atoms with Crippen LogP contribution in [0, 0.1) is 0 Å². The van der Waals surface area contributed by atoms with E-state index >= 15 is 0 Å². The first-order valence-electron chi connectivity index (χ1n) is 8.82. The highest BCUT2D eigenvalue weighted by atomic mass is 16.6. The highest BCUT2D eigenvalue weighted by Gasteiger charge is 2.49. The van der Waals surface area contributed by atoms with Crippen LogP contribution < -0.4 is 5.73 Å². The lowest BCUT2D eigenvalue weighted by Gasteiger charge is -2.43. The Kier molecular flexibility index (Phi) is 7.91. The van der Waals surface area contributed by atoms with Gasteiger partial charge in [-0.2, -0.15) is 0 Å². The molecule has 0 bridgehead atoms. The number of benzene rings is 1. The van der Waals surface area contributed by atoms with Gasteiger partial charge in [0.2, 0.25) is 0 Å². The molecule has 1 aromatic rings. The number of rotatable bonds is 7. The highest BCUT2D eigenvalue weighted by molar-refractivity contribution is 5.67. The average Bonchev–Trinajstić information content (AvgIpc) is 2.62. The van der Waals surface area contributed by atoms with E-state index in [2.05, 4.69) is 0 Å². The minimum atomic E-state index is -1.06. The number of ether oxygens (including phenoxy) is 5. The van der Waals surface area contributed by atoms with Crippen LogP contribution in [-0.2, 0) is 44.7 Å². The van der Waals surface area contributed by atoms with Gasteiger partial charge in [0.1, 0.15) is 25.0 Å². The highest BCUT2D eigenvalue weighted by Crippen LogP contribution is 2.28. The number of esters is 3. The zero-order valence-corrected chi connectivity index (χ0v) is 16.0. The summed E-state index contributed by atoms with van der Waals surface area (Å²) in [5.41, 5.74) is 6.88. The van der Waals surface area contributed by atoms with Crippen LogP contribution in [0.25, 0.3) is 0 Å². The summed E-state index contributed by atoms with van der Waals surface area (Å²) in [6.45, 7) is 3.67. The first-order chi connectivity index (χ1) is 13.3. The van der Waals surface area contributed by atoms with Gasteiger partial charge in [0.25, 0.3) is 0 Å². The van der Waals surface area contributed by atoms with Crippen LogP contribution in [0.3, 0.4) is 0 Å². The molecule has 28 heavy (non-hydrogen) atoms. The molecule has 0 saturated carbocycles. The third-order valence-electron chi connectivity index (χ3n) is 4.01. The van der Waals surface area contributed by atoms with E-state index in [0.29, 0.717) is 0 Å². The van der Waals surface area contributed by atoms with Crippen molar-refractivity contribution in [1.82, 2.24) is 0 Å². The van der Waals surface area contributed by atoms with Gasteiger partial charge in [-0.1, -0.05) is 30.3 Å². The second-order valence-electron chi connectivity index (χ2n) is 6.35. The van der Waals surface area contributed by atoms with E-state index in [-0.39, 0.29) is 13.2 Å². The number of hydrogen-bond donors (Lipinski definition) is 1. The number of carbonyl (C=O) groups is 3. The van der Waals surface area contributed by atoms with Crippen molar-refractivity contribution < 1.29 is 38.1 Å². The Hall–Kier alpha value is -2.49. The van der Waals surface area contributed by atoms with Gasteiger partial charge in [0.05, 0.1) is 6.61 Å². The maximum Gasteiger partial charge on any atom is 0.303 e. The molecule has 0 unspecified atom stereocenters. The number of nitrogens with two attached hydrogens (primary N) is 1. The summed E-state index contributed by atoms with van der Waals surface area (Å²) in [6, 6.07) is 9.29. The molecule has 0 aromatic heterocycles. The van der Waals surface area contributed by atoms with Gasteiger partial charge in [-0.15, -0.1) is 0 Å². The molecule has 1 aliphatic heterocycles. The molecule has 1 fully saturated rings. The monoisotopic (exact) mass is 395 g/mol. The van der Waals surface area contributed by atoms with Crippen molar-refractivity contribution in [3.05, 3.63) is 35.9 Å². The summed E-state index contributed by atoms with van der Waals surface area (Å²) in [5.74, 6) is -1.70. The minimum Gasteiger partial charge on any atom is -0.463 e. The normalized spacial score (nSPS) is 26.9. The van der Waals surface area contributed by atoms with Crippen LogP contribution >= 0.6 is 0 Å². The largest absolute Gasteiger partial charge is 0.463 e. The van der Waals surface area contributed by atoms with E-state index in [9.17, 15) is 14.4 Å². The van der Waals surface area contributed by atoms with Crippen LogP contribution in [0.2, 0.25) is 0 Å². The van der Waals surface area contributed by atoms with Crippen molar-refractivity contribution in [1.29, 1.82) is 0 Å². The lowest BCUT2D eigenvalue weighted by Crippen LogP contribution is -2.64. The molecule has 1 heterocycles. The predicted molar refractivity (Wildman–Crippen MR) is 95.6 cm³/mol. The van der Waals surface area contributed by atoms with Gasteiger partial charge in [0, 0.05) is 20.8 Å².